The molecule has 0 saturated heterocycles. The van der Waals surface area contributed by atoms with Crippen LogP contribution in [0.4, 0.5) is 0 Å². The zero-order chi connectivity index (χ0) is 23.2. The van der Waals surface area contributed by atoms with Crippen LogP contribution in [0.1, 0.15) is 56.8 Å². The second-order valence-corrected chi connectivity index (χ2v) is 9.10. The van der Waals surface area contributed by atoms with Crippen molar-refractivity contribution in [3.63, 3.8) is 0 Å². The van der Waals surface area contributed by atoms with Crippen molar-refractivity contribution in [1.82, 2.24) is 14.9 Å². The maximum Gasteiger partial charge on any atom is 0.258 e. The van der Waals surface area contributed by atoms with Gasteiger partial charge in [0.2, 0.25) is 5.91 Å². The molecule has 0 radical (unpaired) electrons. The zero-order valence-corrected chi connectivity index (χ0v) is 19.7. The molecule has 0 atom stereocenters. The van der Waals surface area contributed by atoms with Crippen molar-refractivity contribution in [2.75, 3.05) is 6.54 Å². The first-order valence-electron chi connectivity index (χ1n) is 11.7. The summed E-state index contributed by atoms with van der Waals surface area (Å²) in [5, 5.41) is 1.00. The molecule has 0 aliphatic heterocycles. The Hall–Kier alpha value is -2.86. The number of rotatable bonds is 9. The van der Waals surface area contributed by atoms with E-state index in [1.165, 1.54) is 12.8 Å². The van der Waals surface area contributed by atoms with E-state index in [1.54, 1.807) is 23.1 Å². The van der Waals surface area contributed by atoms with Crippen LogP contribution in [-0.2, 0) is 17.8 Å². The number of ether oxygens (including phenoxy) is 1. The van der Waals surface area contributed by atoms with E-state index in [0.29, 0.717) is 47.2 Å². The minimum absolute atomic E-state index is 0.0350. The molecule has 4 rings (SSSR count). The molecule has 0 spiro atoms. The lowest BCUT2D eigenvalue weighted by Crippen LogP contribution is -2.33. The standard InChI is InChI=1S/C26H30ClN3O3/c1-2-14-30(17-24-28-23-16-19(27)11-12-22(23)26(32)29-24)25(31)13-10-18-6-5-9-21(15-18)33-20-7-3-4-8-20/h5-6,9,11-12,15-16,20H,2-4,7-8,10,13-14,17H2,1H3,(H,28,29,32). The van der Waals surface area contributed by atoms with Gasteiger partial charge in [-0.15, -0.1) is 0 Å². The number of carbonyl (C=O) groups is 1. The molecule has 0 unspecified atom stereocenters. The summed E-state index contributed by atoms with van der Waals surface area (Å²) in [4.78, 5) is 34.6. The number of hydrogen-bond acceptors (Lipinski definition) is 4. The number of H-pyrrole nitrogens is 1. The Balaban J connectivity index is 1.41. The van der Waals surface area contributed by atoms with Gasteiger partial charge in [-0.05, 0) is 74.4 Å². The van der Waals surface area contributed by atoms with Gasteiger partial charge in [-0.3, -0.25) is 9.59 Å². The largest absolute Gasteiger partial charge is 0.490 e. The number of aryl methyl sites for hydroxylation is 1. The predicted octanol–water partition coefficient (Wildman–Crippen LogP) is 5.27. The fourth-order valence-corrected chi connectivity index (χ4v) is 4.53. The first kappa shape index (κ1) is 23.3. The molecule has 174 valence electrons. The molecule has 1 aliphatic carbocycles. The number of aromatic nitrogens is 2. The van der Waals surface area contributed by atoms with E-state index in [1.807, 2.05) is 31.2 Å². The van der Waals surface area contributed by atoms with Gasteiger partial charge in [-0.2, -0.15) is 0 Å². The van der Waals surface area contributed by atoms with E-state index >= 15 is 0 Å². The molecule has 1 N–H and O–H groups in total. The fourth-order valence-electron chi connectivity index (χ4n) is 4.36. The SMILES string of the molecule is CCCN(Cc1nc2cc(Cl)ccc2c(=O)[nH]1)C(=O)CCc1cccc(OC2CCCC2)c1. The maximum absolute atomic E-state index is 13.0. The molecule has 6 nitrogen and oxygen atoms in total. The third-order valence-electron chi connectivity index (χ3n) is 6.04. The monoisotopic (exact) mass is 467 g/mol. The van der Waals surface area contributed by atoms with E-state index in [-0.39, 0.29) is 18.0 Å². The van der Waals surface area contributed by atoms with Gasteiger partial charge in [0.05, 0.1) is 23.6 Å². The molecular formula is C26H30ClN3O3. The van der Waals surface area contributed by atoms with Gasteiger partial charge in [0.1, 0.15) is 11.6 Å². The van der Waals surface area contributed by atoms with E-state index in [0.717, 1.165) is 30.6 Å². The number of aromatic amines is 1. The molecule has 1 saturated carbocycles. The van der Waals surface area contributed by atoms with Crippen LogP contribution in [0.5, 0.6) is 5.75 Å². The number of fused-ring (bicyclic) bond motifs is 1. The van der Waals surface area contributed by atoms with Crippen LogP contribution < -0.4 is 10.3 Å². The molecule has 1 aromatic heterocycles. The second kappa shape index (κ2) is 10.8. The Labute approximate surface area is 198 Å². The van der Waals surface area contributed by atoms with Crippen molar-refractivity contribution in [3.8, 4) is 5.75 Å². The molecule has 2 aromatic carbocycles. The Bertz CT molecular complexity index is 1170. The van der Waals surface area contributed by atoms with Crippen LogP contribution in [0, 0.1) is 0 Å². The molecule has 1 heterocycles. The highest BCUT2D eigenvalue weighted by molar-refractivity contribution is 6.31. The summed E-state index contributed by atoms with van der Waals surface area (Å²) >= 11 is 6.06. The van der Waals surface area contributed by atoms with E-state index in [2.05, 4.69) is 9.97 Å². The van der Waals surface area contributed by atoms with Crippen LogP contribution in [-0.4, -0.2) is 33.4 Å². The molecule has 1 aliphatic rings. The predicted molar refractivity (Wildman–Crippen MR) is 131 cm³/mol. The summed E-state index contributed by atoms with van der Waals surface area (Å²) < 4.78 is 6.10. The van der Waals surface area contributed by atoms with Crippen LogP contribution in [0.25, 0.3) is 10.9 Å². The number of halogens is 1. The van der Waals surface area contributed by atoms with Crippen molar-refractivity contribution in [2.24, 2.45) is 0 Å². The van der Waals surface area contributed by atoms with Gasteiger partial charge in [-0.25, -0.2) is 4.98 Å². The molecule has 1 amide bonds. The summed E-state index contributed by atoms with van der Waals surface area (Å²) in [6.45, 7) is 2.89. The van der Waals surface area contributed by atoms with E-state index in [9.17, 15) is 9.59 Å². The Kier molecular flexibility index (Phi) is 7.65. The van der Waals surface area contributed by atoms with Crippen molar-refractivity contribution >= 4 is 28.4 Å². The summed E-state index contributed by atoms with van der Waals surface area (Å²) in [7, 11) is 0. The zero-order valence-electron chi connectivity index (χ0n) is 19.0. The number of carbonyl (C=O) groups excluding carboxylic acids is 1. The highest BCUT2D eigenvalue weighted by Gasteiger charge is 2.18. The normalized spacial score (nSPS) is 14.0. The molecule has 1 fully saturated rings. The van der Waals surface area contributed by atoms with E-state index < -0.39 is 0 Å². The van der Waals surface area contributed by atoms with Gasteiger partial charge < -0.3 is 14.6 Å². The topological polar surface area (TPSA) is 75.3 Å². The number of hydrogen-bond donors (Lipinski definition) is 1. The smallest absolute Gasteiger partial charge is 0.258 e. The third-order valence-corrected chi connectivity index (χ3v) is 6.27. The van der Waals surface area contributed by atoms with Crippen molar-refractivity contribution < 1.29 is 9.53 Å². The summed E-state index contributed by atoms with van der Waals surface area (Å²) in [6.07, 6.45) is 6.85. The van der Waals surface area contributed by atoms with Crippen molar-refractivity contribution in [1.29, 1.82) is 0 Å². The number of nitrogens with one attached hydrogen (secondary N) is 1. The lowest BCUT2D eigenvalue weighted by atomic mass is 10.1. The summed E-state index contributed by atoms with van der Waals surface area (Å²) in [5.74, 6) is 1.38. The summed E-state index contributed by atoms with van der Waals surface area (Å²) in [6, 6.07) is 13.0. The van der Waals surface area contributed by atoms with Gasteiger partial charge in [0.25, 0.3) is 5.56 Å². The van der Waals surface area contributed by atoms with Gasteiger partial charge in [0, 0.05) is 18.0 Å². The summed E-state index contributed by atoms with van der Waals surface area (Å²) in [5.41, 5.74) is 1.39. The van der Waals surface area contributed by atoms with Crippen molar-refractivity contribution in [3.05, 3.63) is 69.2 Å². The van der Waals surface area contributed by atoms with Crippen molar-refractivity contribution in [2.45, 2.75) is 64.5 Å². The molecule has 3 aromatic rings. The van der Waals surface area contributed by atoms with Gasteiger partial charge in [-0.1, -0.05) is 30.7 Å². The van der Waals surface area contributed by atoms with Gasteiger partial charge in [0.15, 0.2) is 0 Å². The highest BCUT2D eigenvalue weighted by atomic mass is 35.5. The lowest BCUT2D eigenvalue weighted by Gasteiger charge is -2.22. The third kappa shape index (κ3) is 6.14. The minimum Gasteiger partial charge on any atom is -0.490 e. The van der Waals surface area contributed by atoms with Crippen LogP contribution in [0.3, 0.4) is 0 Å². The second-order valence-electron chi connectivity index (χ2n) is 8.66. The first-order valence-corrected chi connectivity index (χ1v) is 12.1. The number of benzene rings is 2. The first-order chi connectivity index (χ1) is 16.0. The lowest BCUT2D eigenvalue weighted by molar-refractivity contribution is -0.131. The van der Waals surface area contributed by atoms with Gasteiger partial charge >= 0.3 is 0 Å². The average Bonchev–Trinajstić information content (AvgIpc) is 3.30. The molecule has 7 heteroatoms. The van der Waals surface area contributed by atoms with Crippen LogP contribution in [0.2, 0.25) is 5.02 Å². The number of amides is 1. The van der Waals surface area contributed by atoms with Crippen LogP contribution in [0.15, 0.2) is 47.3 Å². The van der Waals surface area contributed by atoms with Crippen LogP contribution >= 0.6 is 11.6 Å². The minimum atomic E-state index is -0.227. The molecule has 0 bridgehead atoms. The Morgan fingerprint density at radius 2 is 2.03 bits per heavy atom. The fraction of sp³-hybridized carbons (Fsp3) is 0.423. The average molecular weight is 468 g/mol. The molecule has 33 heavy (non-hydrogen) atoms. The number of nitrogens with zero attached hydrogens (tertiary/aromatic N) is 2. The Morgan fingerprint density at radius 1 is 1.21 bits per heavy atom. The quantitative estimate of drug-likeness (QED) is 0.465. The Morgan fingerprint density at radius 3 is 2.82 bits per heavy atom. The maximum atomic E-state index is 13.0. The van der Waals surface area contributed by atoms with E-state index in [4.69, 9.17) is 16.3 Å². The highest BCUT2D eigenvalue weighted by Crippen LogP contribution is 2.25. The molecular weight excluding hydrogens is 438 g/mol.